The maximum Gasteiger partial charge on any atom is 0.407 e. The Hall–Kier alpha value is -3.64. The van der Waals surface area contributed by atoms with Crippen molar-refractivity contribution in [2.24, 2.45) is 24.3 Å². The number of carbonyl (C=O) groups is 1. The molecule has 3 heterocycles. The molecule has 2 atom stereocenters. The highest BCUT2D eigenvalue weighted by atomic mass is 16.6. The number of pyridine rings is 1. The third kappa shape index (κ3) is 5.57. The number of aromatic nitrogens is 3. The maximum atomic E-state index is 13.0. The van der Waals surface area contributed by atoms with Crippen molar-refractivity contribution in [3.63, 3.8) is 0 Å². The van der Waals surface area contributed by atoms with Crippen LogP contribution < -0.4 is 11.0 Å². The Labute approximate surface area is 229 Å². The van der Waals surface area contributed by atoms with Gasteiger partial charge in [0.1, 0.15) is 5.60 Å². The largest absolute Gasteiger partial charge is 0.444 e. The fraction of sp³-hybridized carbons (Fsp3) is 0.533. The summed E-state index contributed by atoms with van der Waals surface area (Å²) in [5.41, 5.74) is 3.85. The first-order chi connectivity index (χ1) is 18.2. The van der Waals surface area contributed by atoms with Gasteiger partial charge in [-0.05, 0) is 67.9 Å². The van der Waals surface area contributed by atoms with Crippen molar-refractivity contribution in [3.05, 3.63) is 51.9 Å². The standard InChI is InChI=1S/C30H38N6O3/c1-29(2,3)17-36-24-11-10-23(32-26(24)34(7)28(36)38)20-12-18(8-9-19(20)13-31)14-35-15-21-22(16-35)25(21)33-27(37)39-30(4,5)6/h8-12,21-22,25H,14-17H2,1-7H3,(H,33,37). The quantitative estimate of drug-likeness (QED) is 0.528. The summed E-state index contributed by atoms with van der Waals surface area (Å²) in [4.78, 5) is 32.3. The van der Waals surface area contributed by atoms with Gasteiger partial charge in [0, 0.05) is 44.8 Å². The molecule has 2 unspecified atom stereocenters. The Balaban J connectivity index is 1.32. The zero-order chi connectivity index (χ0) is 28.3. The van der Waals surface area contributed by atoms with Crippen molar-refractivity contribution in [2.45, 2.75) is 66.3 Å². The molecule has 1 saturated carbocycles. The van der Waals surface area contributed by atoms with Crippen LogP contribution >= 0.6 is 0 Å². The highest BCUT2D eigenvalue weighted by molar-refractivity contribution is 5.78. The molecular weight excluding hydrogens is 492 g/mol. The zero-order valence-electron chi connectivity index (χ0n) is 23.9. The number of hydrogen-bond donors (Lipinski definition) is 1. The second kappa shape index (κ2) is 9.53. The van der Waals surface area contributed by atoms with Gasteiger partial charge in [-0.15, -0.1) is 0 Å². The second-order valence-corrected chi connectivity index (χ2v) is 13.2. The number of nitrogens with one attached hydrogen (secondary N) is 1. The fourth-order valence-electron chi connectivity index (χ4n) is 5.71. The minimum Gasteiger partial charge on any atom is -0.444 e. The predicted molar refractivity (Wildman–Crippen MR) is 150 cm³/mol. The van der Waals surface area contributed by atoms with Crippen LogP contribution in [0.1, 0.15) is 52.7 Å². The van der Waals surface area contributed by atoms with Gasteiger partial charge < -0.3 is 10.1 Å². The Morgan fingerprint density at radius 2 is 1.82 bits per heavy atom. The van der Waals surface area contributed by atoms with Crippen molar-refractivity contribution in [1.29, 1.82) is 5.26 Å². The number of fused-ring (bicyclic) bond motifs is 2. The van der Waals surface area contributed by atoms with Crippen LogP contribution in [0.5, 0.6) is 0 Å². The third-order valence-electron chi connectivity index (χ3n) is 7.45. The number of aryl methyl sites for hydroxylation is 1. The topological polar surface area (TPSA) is 105 Å². The Kier molecular flexibility index (Phi) is 6.58. The van der Waals surface area contributed by atoms with E-state index in [1.165, 1.54) is 0 Å². The van der Waals surface area contributed by atoms with E-state index >= 15 is 0 Å². The van der Waals surface area contributed by atoms with E-state index in [1.807, 2.05) is 51.1 Å². The number of piperidine rings is 1. The lowest BCUT2D eigenvalue weighted by atomic mass is 9.97. The van der Waals surface area contributed by atoms with Gasteiger partial charge in [0.25, 0.3) is 0 Å². The highest BCUT2D eigenvalue weighted by Gasteiger charge is 2.56. The molecule has 1 amide bonds. The summed E-state index contributed by atoms with van der Waals surface area (Å²) in [6.45, 7) is 15.1. The average Bonchev–Trinajstić information content (AvgIpc) is 3.16. The van der Waals surface area contributed by atoms with Crippen molar-refractivity contribution in [2.75, 3.05) is 13.1 Å². The third-order valence-corrected chi connectivity index (χ3v) is 7.45. The molecule has 0 spiro atoms. The second-order valence-electron chi connectivity index (χ2n) is 13.2. The van der Waals surface area contributed by atoms with Crippen LogP contribution in [0.4, 0.5) is 4.79 Å². The van der Waals surface area contributed by atoms with Crippen LogP contribution in [-0.2, 0) is 24.9 Å². The number of nitriles is 1. The van der Waals surface area contributed by atoms with Gasteiger partial charge in [-0.25, -0.2) is 14.6 Å². The summed E-state index contributed by atoms with van der Waals surface area (Å²) in [7, 11) is 1.74. The smallest absolute Gasteiger partial charge is 0.407 e. The summed E-state index contributed by atoms with van der Waals surface area (Å²) >= 11 is 0. The molecule has 1 saturated heterocycles. The summed E-state index contributed by atoms with van der Waals surface area (Å²) in [5.74, 6) is 0.885. The Morgan fingerprint density at radius 1 is 1.13 bits per heavy atom. The highest BCUT2D eigenvalue weighted by Crippen LogP contribution is 2.46. The molecule has 5 rings (SSSR count). The number of benzene rings is 1. The minimum absolute atomic E-state index is 0.0545. The predicted octanol–water partition coefficient (Wildman–Crippen LogP) is 4.27. The first-order valence-corrected chi connectivity index (χ1v) is 13.6. The van der Waals surface area contributed by atoms with Crippen LogP contribution in [-0.4, -0.2) is 49.8 Å². The summed E-state index contributed by atoms with van der Waals surface area (Å²) in [5, 5.41) is 12.8. The van der Waals surface area contributed by atoms with Gasteiger partial charge >= 0.3 is 11.8 Å². The number of carbonyl (C=O) groups excluding carboxylic acids is 1. The maximum absolute atomic E-state index is 13.0. The van der Waals surface area contributed by atoms with Gasteiger partial charge in [-0.2, -0.15) is 5.26 Å². The minimum atomic E-state index is -0.502. The molecule has 39 heavy (non-hydrogen) atoms. The normalized spacial score (nSPS) is 21.0. The molecule has 1 aliphatic heterocycles. The molecule has 206 valence electrons. The average molecular weight is 531 g/mol. The molecule has 1 aliphatic carbocycles. The van der Waals surface area contributed by atoms with Crippen LogP contribution in [0.15, 0.2) is 35.1 Å². The summed E-state index contributed by atoms with van der Waals surface area (Å²) in [6, 6.07) is 12.2. The first-order valence-electron chi connectivity index (χ1n) is 13.6. The number of likely N-dealkylation sites (tertiary alicyclic amines) is 1. The first kappa shape index (κ1) is 26.9. The number of nitrogens with zero attached hydrogens (tertiary/aromatic N) is 5. The Bertz CT molecular complexity index is 1520. The van der Waals surface area contributed by atoms with Crippen molar-refractivity contribution >= 4 is 17.3 Å². The van der Waals surface area contributed by atoms with E-state index in [4.69, 9.17) is 9.72 Å². The molecular formula is C30H38N6O3. The molecule has 0 bridgehead atoms. The lowest BCUT2D eigenvalue weighted by Crippen LogP contribution is -2.38. The number of ether oxygens (including phenoxy) is 1. The molecule has 1 N–H and O–H groups in total. The summed E-state index contributed by atoms with van der Waals surface area (Å²) < 4.78 is 8.76. The van der Waals surface area contributed by atoms with Gasteiger partial charge in [0.05, 0.1) is 22.8 Å². The van der Waals surface area contributed by atoms with Crippen molar-refractivity contribution in [1.82, 2.24) is 24.3 Å². The number of alkyl carbamates (subject to hydrolysis) is 1. The number of imidazole rings is 1. The van der Waals surface area contributed by atoms with E-state index in [0.717, 1.165) is 36.3 Å². The van der Waals surface area contributed by atoms with E-state index < -0.39 is 5.60 Å². The molecule has 2 aromatic heterocycles. The van der Waals surface area contributed by atoms with E-state index in [0.29, 0.717) is 35.3 Å². The molecule has 1 aromatic carbocycles. The van der Waals surface area contributed by atoms with Gasteiger partial charge in [0.2, 0.25) is 0 Å². The Morgan fingerprint density at radius 3 is 2.44 bits per heavy atom. The molecule has 3 aromatic rings. The molecule has 2 aliphatic rings. The van der Waals surface area contributed by atoms with Gasteiger partial charge in [-0.3, -0.25) is 14.0 Å². The van der Waals surface area contributed by atoms with Gasteiger partial charge in [-0.1, -0.05) is 26.8 Å². The monoisotopic (exact) mass is 530 g/mol. The van der Waals surface area contributed by atoms with E-state index in [9.17, 15) is 14.9 Å². The SMILES string of the molecule is Cn1c(=O)n(CC(C)(C)C)c2ccc(-c3cc(CN4CC5C(C4)C5NC(=O)OC(C)(C)C)ccc3C#N)nc21. The van der Waals surface area contributed by atoms with Crippen LogP contribution in [0, 0.1) is 28.6 Å². The molecule has 0 radical (unpaired) electrons. The van der Waals surface area contributed by atoms with E-state index in [-0.39, 0.29) is 23.2 Å². The lowest BCUT2D eigenvalue weighted by molar-refractivity contribution is 0.0513. The lowest BCUT2D eigenvalue weighted by Gasteiger charge is -2.22. The number of amides is 1. The summed E-state index contributed by atoms with van der Waals surface area (Å²) in [6.07, 6.45) is -0.346. The van der Waals surface area contributed by atoms with E-state index in [1.54, 1.807) is 16.2 Å². The zero-order valence-corrected chi connectivity index (χ0v) is 23.9. The number of hydrogen-bond acceptors (Lipinski definition) is 6. The van der Waals surface area contributed by atoms with Gasteiger partial charge in [0.15, 0.2) is 5.65 Å². The molecule has 9 nitrogen and oxygen atoms in total. The fourth-order valence-corrected chi connectivity index (χ4v) is 5.71. The molecule has 2 fully saturated rings. The van der Waals surface area contributed by atoms with Crippen LogP contribution in [0.25, 0.3) is 22.4 Å². The van der Waals surface area contributed by atoms with E-state index in [2.05, 4.69) is 37.1 Å². The molecule has 9 heteroatoms. The van der Waals surface area contributed by atoms with Crippen LogP contribution in [0.3, 0.4) is 0 Å². The number of rotatable bonds is 5. The van der Waals surface area contributed by atoms with Crippen LogP contribution in [0.2, 0.25) is 0 Å². The van der Waals surface area contributed by atoms with Crippen molar-refractivity contribution in [3.8, 4) is 17.3 Å². The van der Waals surface area contributed by atoms with Crippen molar-refractivity contribution < 1.29 is 9.53 Å².